The van der Waals surface area contributed by atoms with Crippen molar-refractivity contribution in [2.24, 2.45) is 0 Å². The van der Waals surface area contributed by atoms with Crippen molar-refractivity contribution in [3.63, 3.8) is 0 Å². The summed E-state index contributed by atoms with van der Waals surface area (Å²) in [5.41, 5.74) is -0.627. The summed E-state index contributed by atoms with van der Waals surface area (Å²) >= 11 is 10.8. The summed E-state index contributed by atoms with van der Waals surface area (Å²) < 4.78 is 1.71. The molecule has 86 valence electrons. The minimum Gasteiger partial charge on any atom is -0.389 e. The van der Waals surface area contributed by atoms with Gasteiger partial charge in [-0.25, -0.2) is 0 Å². The van der Waals surface area contributed by atoms with Crippen LogP contribution in [0.1, 0.15) is 25.1 Å². The molecule has 1 aromatic rings. The Morgan fingerprint density at radius 1 is 1.67 bits per heavy atom. The number of nitrogens with one attached hydrogen (secondary N) is 1. The van der Waals surface area contributed by atoms with Crippen LogP contribution in [0.4, 0.5) is 0 Å². The first-order valence-electron chi connectivity index (χ1n) is 4.81. The second-order valence-electron chi connectivity index (χ2n) is 3.79. The van der Waals surface area contributed by atoms with Crippen molar-refractivity contribution in [3.8, 4) is 0 Å². The molecule has 0 bridgehead atoms. The highest BCUT2D eigenvalue weighted by Crippen LogP contribution is 2.31. The SMILES string of the molecule is CCC(C)(O)CNCc1cc(Br)c(Cl)s1. The Morgan fingerprint density at radius 2 is 2.33 bits per heavy atom. The van der Waals surface area contributed by atoms with Crippen LogP contribution in [0.3, 0.4) is 0 Å². The van der Waals surface area contributed by atoms with Gasteiger partial charge in [-0.2, -0.15) is 0 Å². The number of halogens is 2. The van der Waals surface area contributed by atoms with E-state index in [1.165, 1.54) is 4.88 Å². The van der Waals surface area contributed by atoms with Crippen molar-refractivity contribution in [3.05, 3.63) is 19.8 Å². The molecular weight excluding hydrogens is 298 g/mol. The third kappa shape index (κ3) is 4.41. The van der Waals surface area contributed by atoms with Crippen LogP contribution in [0.2, 0.25) is 4.34 Å². The van der Waals surface area contributed by atoms with E-state index < -0.39 is 5.60 Å². The summed E-state index contributed by atoms with van der Waals surface area (Å²) in [6.07, 6.45) is 0.745. The van der Waals surface area contributed by atoms with Crippen LogP contribution in [0, 0.1) is 0 Å². The zero-order valence-corrected chi connectivity index (χ0v) is 12.0. The molecule has 0 aliphatic rings. The zero-order valence-electron chi connectivity index (χ0n) is 8.81. The van der Waals surface area contributed by atoms with E-state index >= 15 is 0 Å². The summed E-state index contributed by atoms with van der Waals surface area (Å²) in [5, 5.41) is 13.0. The molecular formula is C10H15BrClNOS. The number of hydrogen-bond donors (Lipinski definition) is 2. The second kappa shape index (κ2) is 5.64. The highest BCUT2D eigenvalue weighted by atomic mass is 79.9. The predicted octanol–water partition coefficient (Wildman–Crippen LogP) is 3.41. The third-order valence-corrected chi connectivity index (χ3v) is 4.74. The zero-order chi connectivity index (χ0) is 11.5. The fourth-order valence-electron chi connectivity index (χ4n) is 1.06. The van der Waals surface area contributed by atoms with Gasteiger partial charge in [0.1, 0.15) is 4.34 Å². The van der Waals surface area contributed by atoms with Gasteiger partial charge in [-0.15, -0.1) is 11.3 Å². The van der Waals surface area contributed by atoms with Crippen LogP contribution in [0.15, 0.2) is 10.5 Å². The number of aliphatic hydroxyl groups is 1. The highest BCUT2D eigenvalue weighted by Gasteiger charge is 2.16. The average molecular weight is 313 g/mol. The Labute approximate surface area is 108 Å². The lowest BCUT2D eigenvalue weighted by Gasteiger charge is -2.21. The van der Waals surface area contributed by atoms with Gasteiger partial charge in [0.25, 0.3) is 0 Å². The Bertz CT molecular complexity index is 308. The van der Waals surface area contributed by atoms with E-state index in [-0.39, 0.29) is 0 Å². The largest absolute Gasteiger partial charge is 0.389 e. The quantitative estimate of drug-likeness (QED) is 0.873. The molecule has 0 saturated carbocycles. The van der Waals surface area contributed by atoms with Crippen molar-refractivity contribution in [2.75, 3.05) is 6.54 Å². The molecule has 0 fully saturated rings. The molecule has 5 heteroatoms. The minimum atomic E-state index is -0.627. The lowest BCUT2D eigenvalue weighted by Crippen LogP contribution is -2.36. The molecule has 1 aromatic heterocycles. The summed E-state index contributed by atoms with van der Waals surface area (Å²) in [7, 11) is 0. The monoisotopic (exact) mass is 311 g/mol. The molecule has 0 aliphatic carbocycles. The van der Waals surface area contributed by atoms with Gasteiger partial charge in [-0.05, 0) is 35.3 Å². The number of thiophene rings is 1. The highest BCUT2D eigenvalue weighted by molar-refractivity contribution is 9.10. The van der Waals surface area contributed by atoms with Crippen LogP contribution in [0.5, 0.6) is 0 Å². The lowest BCUT2D eigenvalue weighted by molar-refractivity contribution is 0.0556. The Morgan fingerprint density at radius 3 is 2.80 bits per heavy atom. The van der Waals surface area contributed by atoms with Gasteiger partial charge in [0.05, 0.1) is 5.60 Å². The molecule has 2 nitrogen and oxygen atoms in total. The van der Waals surface area contributed by atoms with Crippen molar-refractivity contribution >= 4 is 38.9 Å². The van der Waals surface area contributed by atoms with E-state index in [4.69, 9.17) is 11.6 Å². The molecule has 1 heterocycles. The minimum absolute atomic E-state index is 0.594. The molecule has 0 amide bonds. The maximum atomic E-state index is 9.77. The Hall–Kier alpha value is 0.390. The molecule has 0 radical (unpaired) electrons. The van der Waals surface area contributed by atoms with Gasteiger partial charge in [0.15, 0.2) is 0 Å². The van der Waals surface area contributed by atoms with Gasteiger partial charge in [-0.1, -0.05) is 18.5 Å². The number of rotatable bonds is 5. The normalized spacial score (nSPS) is 15.3. The van der Waals surface area contributed by atoms with E-state index in [9.17, 15) is 5.11 Å². The maximum Gasteiger partial charge on any atom is 0.107 e. The number of hydrogen-bond acceptors (Lipinski definition) is 3. The van der Waals surface area contributed by atoms with Crippen molar-refractivity contribution < 1.29 is 5.11 Å². The summed E-state index contributed by atoms with van der Waals surface area (Å²) in [6, 6.07) is 2.00. The van der Waals surface area contributed by atoms with Crippen LogP contribution < -0.4 is 5.32 Å². The van der Waals surface area contributed by atoms with Crippen LogP contribution in [-0.4, -0.2) is 17.3 Å². The van der Waals surface area contributed by atoms with E-state index in [1.54, 1.807) is 11.3 Å². The van der Waals surface area contributed by atoms with Gasteiger partial charge < -0.3 is 10.4 Å². The molecule has 1 unspecified atom stereocenters. The standard InChI is InChI=1S/C10H15BrClNOS/c1-3-10(2,14)6-13-5-7-4-8(11)9(12)15-7/h4,13-14H,3,5-6H2,1-2H3. The second-order valence-corrected chi connectivity index (χ2v) is 6.38. The summed E-state index contributed by atoms with van der Waals surface area (Å²) in [5.74, 6) is 0. The Balaban J connectivity index is 2.38. The smallest absolute Gasteiger partial charge is 0.107 e. The summed E-state index contributed by atoms with van der Waals surface area (Å²) in [6.45, 7) is 5.14. The van der Waals surface area contributed by atoms with Crippen molar-refractivity contribution in [2.45, 2.75) is 32.4 Å². The van der Waals surface area contributed by atoms with Gasteiger partial charge in [0.2, 0.25) is 0 Å². The van der Waals surface area contributed by atoms with Gasteiger partial charge >= 0.3 is 0 Å². The van der Waals surface area contributed by atoms with Crippen LogP contribution >= 0.6 is 38.9 Å². The molecule has 1 rings (SSSR count). The summed E-state index contributed by atoms with van der Waals surface area (Å²) in [4.78, 5) is 1.17. The van der Waals surface area contributed by atoms with E-state index in [1.807, 2.05) is 19.9 Å². The first kappa shape index (κ1) is 13.5. The van der Waals surface area contributed by atoms with Crippen molar-refractivity contribution in [1.82, 2.24) is 5.32 Å². The van der Waals surface area contributed by atoms with E-state index in [0.717, 1.165) is 21.8 Å². The van der Waals surface area contributed by atoms with E-state index in [0.29, 0.717) is 6.54 Å². The molecule has 15 heavy (non-hydrogen) atoms. The molecule has 0 spiro atoms. The van der Waals surface area contributed by atoms with Gasteiger partial charge in [0, 0.05) is 22.4 Å². The maximum absolute atomic E-state index is 9.77. The van der Waals surface area contributed by atoms with Crippen LogP contribution in [-0.2, 0) is 6.54 Å². The van der Waals surface area contributed by atoms with Crippen LogP contribution in [0.25, 0.3) is 0 Å². The molecule has 0 aromatic carbocycles. The fourth-order valence-corrected chi connectivity index (χ4v) is 2.82. The first-order valence-corrected chi connectivity index (χ1v) is 6.80. The lowest BCUT2D eigenvalue weighted by atomic mass is 10.0. The average Bonchev–Trinajstić information content (AvgIpc) is 2.46. The van der Waals surface area contributed by atoms with Crippen molar-refractivity contribution in [1.29, 1.82) is 0 Å². The fraction of sp³-hybridized carbons (Fsp3) is 0.600. The topological polar surface area (TPSA) is 32.3 Å². The predicted molar refractivity (Wildman–Crippen MR) is 69.7 cm³/mol. The third-order valence-electron chi connectivity index (χ3n) is 2.26. The van der Waals surface area contributed by atoms with Gasteiger partial charge in [-0.3, -0.25) is 0 Å². The molecule has 2 N–H and O–H groups in total. The molecule has 1 atom stereocenters. The van der Waals surface area contributed by atoms with E-state index in [2.05, 4.69) is 21.2 Å². The molecule has 0 aliphatic heterocycles. The Kier molecular flexibility index (Phi) is 5.06. The first-order chi connectivity index (χ1) is 6.94. The molecule has 0 saturated heterocycles.